The number of hydrogen-bond donors (Lipinski definition) is 1. The molecule has 6 nitrogen and oxygen atoms in total. The van der Waals surface area contributed by atoms with Crippen LogP contribution in [0.3, 0.4) is 0 Å². The molecule has 6 heteroatoms. The minimum atomic E-state index is -0.0967. The van der Waals surface area contributed by atoms with Gasteiger partial charge in [-0.15, -0.1) is 0 Å². The molecule has 0 aliphatic carbocycles. The topological polar surface area (TPSA) is 67.5 Å². The number of aromatic amines is 1. The maximum absolute atomic E-state index is 12.9. The number of fused-ring (bicyclic) bond motifs is 1. The Bertz CT molecular complexity index is 936. The van der Waals surface area contributed by atoms with Gasteiger partial charge in [-0.3, -0.25) is 9.89 Å². The van der Waals surface area contributed by atoms with E-state index in [1.165, 1.54) is 0 Å². The van der Waals surface area contributed by atoms with E-state index in [-0.39, 0.29) is 11.9 Å². The number of rotatable bonds is 4. The molecule has 1 amide bonds. The Labute approximate surface area is 157 Å². The Hall–Kier alpha value is -3.28. The number of aromatic nitrogens is 2. The molecular weight excluding hydrogens is 342 g/mol. The predicted molar refractivity (Wildman–Crippen MR) is 102 cm³/mol. The van der Waals surface area contributed by atoms with Crippen molar-refractivity contribution in [2.75, 3.05) is 20.3 Å². The summed E-state index contributed by atoms with van der Waals surface area (Å²) in [5, 5.41) is 6.87. The monoisotopic (exact) mass is 363 g/mol. The number of hydrogen-bond acceptors (Lipinski definition) is 4. The van der Waals surface area contributed by atoms with Crippen LogP contribution in [-0.4, -0.2) is 41.3 Å². The van der Waals surface area contributed by atoms with E-state index >= 15 is 0 Å². The molecule has 0 saturated carbocycles. The van der Waals surface area contributed by atoms with E-state index < -0.39 is 0 Å². The summed E-state index contributed by atoms with van der Waals surface area (Å²) in [5.41, 5.74) is 3.56. The van der Waals surface area contributed by atoms with Crippen LogP contribution in [0.25, 0.3) is 11.3 Å². The number of amides is 1. The van der Waals surface area contributed by atoms with E-state index in [2.05, 4.69) is 10.2 Å². The lowest BCUT2D eigenvalue weighted by Gasteiger charge is -2.27. The molecule has 0 spiro atoms. The van der Waals surface area contributed by atoms with Gasteiger partial charge in [0.05, 0.1) is 11.7 Å². The van der Waals surface area contributed by atoms with Crippen LogP contribution in [0.2, 0.25) is 0 Å². The lowest BCUT2D eigenvalue weighted by Crippen LogP contribution is -2.29. The summed E-state index contributed by atoms with van der Waals surface area (Å²) in [7, 11) is 1.81. The van der Waals surface area contributed by atoms with Gasteiger partial charge in [-0.2, -0.15) is 5.10 Å². The van der Waals surface area contributed by atoms with Crippen molar-refractivity contribution in [2.24, 2.45) is 0 Å². The first-order valence-electron chi connectivity index (χ1n) is 8.90. The normalized spacial score (nSPS) is 13.9. The minimum absolute atomic E-state index is 0.0338. The second kappa shape index (κ2) is 7.15. The molecule has 1 atom stereocenters. The Morgan fingerprint density at radius 1 is 1.07 bits per heavy atom. The number of ether oxygens (including phenoxy) is 2. The van der Waals surface area contributed by atoms with Gasteiger partial charge in [-0.05, 0) is 48.4 Å². The van der Waals surface area contributed by atoms with Crippen LogP contribution in [0.5, 0.6) is 11.5 Å². The van der Waals surface area contributed by atoms with E-state index in [4.69, 9.17) is 9.47 Å². The third kappa shape index (κ3) is 3.38. The van der Waals surface area contributed by atoms with Crippen LogP contribution in [0, 0.1) is 0 Å². The van der Waals surface area contributed by atoms with Gasteiger partial charge in [0, 0.05) is 18.8 Å². The molecule has 3 aromatic rings. The predicted octanol–water partition coefficient (Wildman–Crippen LogP) is 3.68. The quantitative estimate of drug-likeness (QED) is 0.768. The number of H-pyrrole nitrogens is 1. The first-order valence-corrected chi connectivity index (χ1v) is 8.90. The van der Waals surface area contributed by atoms with Crippen LogP contribution in [0.4, 0.5) is 0 Å². The van der Waals surface area contributed by atoms with Gasteiger partial charge in [0.1, 0.15) is 13.2 Å². The summed E-state index contributed by atoms with van der Waals surface area (Å²) in [5.74, 6) is 1.45. The summed E-state index contributed by atoms with van der Waals surface area (Å²) < 4.78 is 11.2. The highest BCUT2D eigenvalue weighted by molar-refractivity contribution is 5.94. The van der Waals surface area contributed by atoms with Gasteiger partial charge in [-0.25, -0.2) is 0 Å². The second-order valence-electron chi connectivity index (χ2n) is 6.54. The van der Waals surface area contributed by atoms with Crippen molar-refractivity contribution in [1.29, 1.82) is 0 Å². The summed E-state index contributed by atoms with van der Waals surface area (Å²) in [6.45, 7) is 3.11. The maximum atomic E-state index is 12.9. The second-order valence-corrected chi connectivity index (χ2v) is 6.54. The van der Waals surface area contributed by atoms with Gasteiger partial charge < -0.3 is 14.4 Å². The van der Waals surface area contributed by atoms with Crippen molar-refractivity contribution in [3.63, 3.8) is 0 Å². The third-order valence-corrected chi connectivity index (χ3v) is 4.89. The van der Waals surface area contributed by atoms with Gasteiger partial charge >= 0.3 is 0 Å². The average Bonchev–Trinajstić information content (AvgIpc) is 3.27. The first-order chi connectivity index (χ1) is 13.1. The van der Waals surface area contributed by atoms with Crippen LogP contribution < -0.4 is 9.47 Å². The summed E-state index contributed by atoms with van der Waals surface area (Å²) >= 11 is 0. The fraction of sp³-hybridized carbons (Fsp3) is 0.238. The molecule has 0 fully saturated rings. The van der Waals surface area contributed by atoms with Crippen LogP contribution in [-0.2, 0) is 0 Å². The molecule has 0 saturated heterocycles. The smallest absolute Gasteiger partial charge is 0.254 e. The van der Waals surface area contributed by atoms with Crippen molar-refractivity contribution < 1.29 is 14.3 Å². The molecule has 27 heavy (non-hydrogen) atoms. The molecule has 1 aliphatic heterocycles. The molecule has 1 aliphatic rings. The molecule has 0 unspecified atom stereocenters. The molecule has 2 aromatic carbocycles. The molecule has 0 bridgehead atoms. The molecule has 1 N–H and O–H groups in total. The molecule has 4 rings (SSSR count). The van der Waals surface area contributed by atoms with E-state index in [1.54, 1.807) is 11.1 Å². The lowest BCUT2D eigenvalue weighted by molar-refractivity contribution is 0.0742. The van der Waals surface area contributed by atoms with Crippen LogP contribution >= 0.6 is 0 Å². The lowest BCUT2D eigenvalue weighted by atomic mass is 10.0. The minimum Gasteiger partial charge on any atom is -0.486 e. The highest BCUT2D eigenvalue weighted by atomic mass is 16.6. The molecule has 138 valence electrons. The average molecular weight is 363 g/mol. The van der Waals surface area contributed by atoms with Crippen molar-refractivity contribution in [2.45, 2.75) is 13.0 Å². The van der Waals surface area contributed by atoms with E-state index in [1.807, 2.05) is 62.5 Å². The van der Waals surface area contributed by atoms with E-state index in [9.17, 15) is 4.79 Å². The number of nitrogens with zero attached hydrogens (tertiary/aromatic N) is 2. The molecule has 1 aromatic heterocycles. The zero-order chi connectivity index (χ0) is 18.8. The Morgan fingerprint density at radius 3 is 2.52 bits per heavy atom. The number of benzene rings is 2. The Morgan fingerprint density at radius 2 is 1.81 bits per heavy atom. The molecule has 2 heterocycles. The van der Waals surface area contributed by atoms with Gasteiger partial charge in [0.2, 0.25) is 0 Å². The standard InChI is InChI=1S/C21H21N3O3/c1-14(17-7-8-19-20(13-17)27-12-11-26-19)24(2)21(25)16-5-3-15(4-6-16)18-9-10-22-23-18/h3-10,13-14H,11-12H2,1-2H3,(H,22,23)/t14-/m1/s1. The number of nitrogens with one attached hydrogen (secondary N) is 1. The zero-order valence-electron chi connectivity index (χ0n) is 15.3. The van der Waals surface area contributed by atoms with Gasteiger partial charge in [0.15, 0.2) is 11.5 Å². The van der Waals surface area contributed by atoms with Gasteiger partial charge in [0.25, 0.3) is 5.91 Å². The number of carbonyl (C=O) groups is 1. The van der Waals surface area contributed by atoms with Gasteiger partial charge in [-0.1, -0.05) is 18.2 Å². The van der Waals surface area contributed by atoms with Crippen molar-refractivity contribution in [3.8, 4) is 22.8 Å². The molecule has 0 radical (unpaired) electrons. The summed E-state index contributed by atoms with van der Waals surface area (Å²) in [4.78, 5) is 14.6. The van der Waals surface area contributed by atoms with Crippen molar-refractivity contribution in [1.82, 2.24) is 15.1 Å². The van der Waals surface area contributed by atoms with E-state index in [0.29, 0.717) is 18.8 Å². The Balaban J connectivity index is 1.51. The highest BCUT2D eigenvalue weighted by Crippen LogP contribution is 2.34. The molecular formula is C21H21N3O3. The zero-order valence-corrected chi connectivity index (χ0v) is 15.3. The largest absolute Gasteiger partial charge is 0.486 e. The van der Waals surface area contributed by atoms with Crippen molar-refractivity contribution in [3.05, 3.63) is 65.9 Å². The first kappa shape index (κ1) is 17.1. The Kier molecular flexibility index (Phi) is 4.54. The summed E-state index contributed by atoms with van der Waals surface area (Å²) in [6, 6.07) is 15.1. The van der Waals surface area contributed by atoms with Crippen LogP contribution in [0.1, 0.15) is 28.9 Å². The van der Waals surface area contributed by atoms with E-state index in [0.717, 1.165) is 28.3 Å². The van der Waals surface area contributed by atoms with Crippen LogP contribution in [0.15, 0.2) is 54.7 Å². The fourth-order valence-corrected chi connectivity index (χ4v) is 3.13. The third-order valence-electron chi connectivity index (χ3n) is 4.89. The maximum Gasteiger partial charge on any atom is 0.254 e. The fourth-order valence-electron chi connectivity index (χ4n) is 3.13. The SMILES string of the molecule is C[C@H](c1ccc2c(c1)OCCO2)N(C)C(=O)c1ccc(-c2ccn[nH]2)cc1. The highest BCUT2D eigenvalue weighted by Gasteiger charge is 2.21. The number of carbonyl (C=O) groups excluding carboxylic acids is 1. The summed E-state index contributed by atoms with van der Waals surface area (Å²) in [6.07, 6.45) is 1.71. The van der Waals surface area contributed by atoms with Crippen molar-refractivity contribution >= 4 is 5.91 Å².